The van der Waals surface area contributed by atoms with E-state index in [0.717, 1.165) is 0 Å². The molecular weight excluding hydrogens is 748 g/mol. The van der Waals surface area contributed by atoms with Crippen LogP contribution in [-0.2, 0) is 5.41 Å². The molecule has 0 radical (unpaired) electrons. The lowest BCUT2D eigenvalue weighted by Crippen LogP contribution is -2.58. The summed E-state index contributed by atoms with van der Waals surface area (Å²) in [5.74, 6) is 0.365. The maximum atomic E-state index is 2.50. The molecule has 0 unspecified atom stereocenters. The minimum atomic E-state index is -0.119. The Hall–Kier alpha value is -5.74. The Morgan fingerprint density at radius 3 is 1.56 bits per heavy atom. The highest BCUT2D eigenvalue weighted by Crippen LogP contribution is 2.47. The maximum absolute atomic E-state index is 2.50. The molecule has 9 aromatic rings. The quantitative estimate of drug-likeness (QED) is 0.122. The van der Waals surface area contributed by atoms with Gasteiger partial charge in [-0.1, -0.05) is 214 Å². The van der Waals surface area contributed by atoms with Gasteiger partial charge >= 0.3 is 0 Å². The molecule has 2 aliphatic heterocycles. The Morgan fingerprint density at radius 2 is 0.915 bits per heavy atom. The van der Waals surface area contributed by atoms with E-state index in [2.05, 4.69) is 210 Å². The maximum Gasteiger partial charge on any atom is 0.247 e. The number of fused-ring (bicyclic) bond motifs is 6. The van der Waals surface area contributed by atoms with Crippen LogP contribution >= 0.6 is 23.5 Å². The summed E-state index contributed by atoms with van der Waals surface area (Å²) in [6.07, 6.45) is 0. The molecule has 9 aromatic carbocycles. The third-order valence-electron chi connectivity index (χ3n) is 12.8. The first-order valence-corrected chi connectivity index (χ1v) is 22.4. The van der Waals surface area contributed by atoms with E-state index < -0.39 is 0 Å². The molecule has 0 saturated heterocycles. The van der Waals surface area contributed by atoms with Crippen LogP contribution in [0.3, 0.4) is 0 Å². The Labute approximate surface area is 356 Å². The van der Waals surface area contributed by atoms with Gasteiger partial charge in [-0.3, -0.25) is 0 Å². The van der Waals surface area contributed by atoms with Gasteiger partial charge in [0.25, 0.3) is 0 Å². The van der Waals surface area contributed by atoms with Crippen LogP contribution in [0.15, 0.2) is 202 Å². The normalized spacial score (nSPS) is 13.1. The van der Waals surface area contributed by atoms with Gasteiger partial charge in [-0.25, -0.2) is 0 Å². The minimum Gasteiger partial charge on any atom is -0.0911 e. The van der Waals surface area contributed by atoms with Gasteiger partial charge in [0.15, 0.2) is 0 Å². The summed E-state index contributed by atoms with van der Waals surface area (Å²) in [7, 11) is 0. The van der Waals surface area contributed by atoms with E-state index in [9.17, 15) is 0 Å². The summed E-state index contributed by atoms with van der Waals surface area (Å²) in [5, 5.41) is 5.14. The monoisotopic (exact) mass is 790 g/mol. The average Bonchev–Trinajstić information content (AvgIpc) is 3.28. The molecule has 0 amide bonds. The summed E-state index contributed by atoms with van der Waals surface area (Å²) < 4.78 is 0. The standard InChI is InChI=1S/C56H43BS2/c1-35(2)37-29-38(31-40(30-37)54-45-23-13-11-21-43(45)53(36-17-7-5-8-18-36)44-22-12-14-24-46(44)54)39-32-51-55-52(33-39)59-50-34-42(56(3,4)41-19-9-6-10-20-41)27-28-48(50)57(55)47-25-15-16-26-49(47)58-51/h5-35H,1-4H3. The Morgan fingerprint density at radius 1 is 0.407 bits per heavy atom. The second kappa shape index (κ2) is 14.2. The molecule has 59 heavy (non-hydrogen) atoms. The molecule has 3 heteroatoms. The number of hydrogen-bond acceptors (Lipinski definition) is 2. The highest BCUT2D eigenvalue weighted by Gasteiger charge is 2.39. The van der Waals surface area contributed by atoms with Gasteiger partial charge in [0.05, 0.1) is 0 Å². The molecule has 0 nitrogen and oxygen atoms in total. The largest absolute Gasteiger partial charge is 0.247 e. The molecule has 282 valence electrons. The predicted molar refractivity (Wildman–Crippen MR) is 256 cm³/mol. The van der Waals surface area contributed by atoms with Crippen molar-refractivity contribution in [1.82, 2.24) is 0 Å². The topological polar surface area (TPSA) is 0 Å². The van der Waals surface area contributed by atoms with Crippen LogP contribution in [0.2, 0.25) is 0 Å². The van der Waals surface area contributed by atoms with Gasteiger partial charge in [0, 0.05) is 25.0 Å². The van der Waals surface area contributed by atoms with Crippen molar-refractivity contribution in [2.45, 2.75) is 58.6 Å². The summed E-state index contributed by atoms with van der Waals surface area (Å²) in [5.41, 5.74) is 15.9. The molecule has 0 spiro atoms. The second-order valence-corrected chi connectivity index (χ2v) is 19.2. The van der Waals surface area contributed by atoms with E-state index in [-0.39, 0.29) is 12.1 Å². The lowest BCUT2D eigenvalue weighted by molar-refractivity contribution is 0.639. The van der Waals surface area contributed by atoms with Crippen LogP contribution in [0.1, 0.15) is 50.3 Å². The first kappa shape index (κ1) is 36.4. The molecule has 0 atom stereocenters. The van der Waals surface area contributed by atoms with Crippen LogP contribution in [0, 0.1) is 0 Å². The average molecular weight is 791 g/mol. The van der Waals surface area contributed by atoms with E-state index in [1.54, 1.807) is 0 Å². The summed E-state index contributed by atoms with van der Waals surface area (Å²) in [6, 6.07) is 68.6. The first-order valence-electron chi connectivity index (χ1n) is 20.8. The summed E-state index contributed by atoms with van der Waals surface area (Å²) in [6.45, 7) is 9.57. The van der Waals surface area contributed by atoms with Crippen molar-refractivity contribution in [3.8, 4) is 33.4 Å². The molecule has 0 aliphatic carbocycles. The van der Waals surface area contributed by atoms with Gasteiger partial charge in [0.2, 0.25) is 6.71 Å². The van der Waals surface area contributed by atoms with E-state index in [1.165, 1.54) is 108 Å². The van der Waals surface area contributed by atoms with Crippen molar-refractivity contribution in [3.05, 3.63) is 199 Å². The lowest BCUT2D eigenvalue weighted by atomic mass is 9.36. The molecule has 0 N–H and O–H groups in total. The first-order chi connectivity index (χ1) is 28.8. The van der Waals surface area contributed by atoms with E-state index >= 15 is 0 Å². The van der Waals surface area contributed by atoms with Crippen LogP contribution < -0.4 is 16.4 Å². The molecule has 11 rings (SSSR count). The third-order valence-corrected chi connectivity index (χ3v) is 15.1. The molecular formula is C56H43BS2. The minimum absolute atomic E-state index is 0.119. The lowest BCUT2D eigenvalue weighted by Gasteiger charge is -2.34. The number of hydrogen-bond donors (Lipinski definition) is 0. The van der Waals surface area contributed by atoms with Crippen molar-refractivity contribution in [2.75, 3.05) is 0 Å². The van der Waals surface area contributed by atoms with E-state index in [0.29, 0.717) is 5.92 Å². The fourth-order valence-corrected chi connectivity index (χ4v) is 12.2. The zero-order valence-electron chi connectivity index (χ0n) is 33.8. The number of rotatable bonds is 6. The molecule has 0 saturated carbocycles. The zero-order valence-corrected chi connectivity index (χ0v) is 35.4. The predicted octanol–water partition coefficient (Wildman–Crippen LogP) is 13.9. The van der Waals surface area contributed by atoms with Crippen LogP contribution in [0.25, 0.3) is 54.9 Å². The highest BCUT2D eigenvalue weighted by molar-refractivity contribution is 8.01. The Bertz CT molecular complexity index is 3050. The van der Waals surface area contributed by atoms with Crippen molar-refractivity contribution in [2.24, 2.45) is 0 Å². The van der Waals surface area contributed by atoms with Gasteiger partial charge in [-0.15, -0.1) is 0 Å². The zero-order chi connectivity index (χ0) is 39.8. The number of benzene rings is 9. The van der Waals surface area contributed by atoms with Crippen molar-refractivity contribution in [1.29, 1.82) is 0 Å². The molecule has 2 heterocycles. The third kappa shape index (κ3) is 6.01. The van der Waals surface area contributed by atoms with Gasteiger partial charge in [0.1, 0.15) is 0 Å². The van der Waals surface area contributed by atoms with Crippen molar-refractivity contribution >= 4 is 68.2 Å². The summed E-state index contributed by atoms with van der Waals surface area (Å²) in [4.78, 5) is 5.45. The Kier molecular flexibility index (Phi) is 8.76. The Balaban J connectivity index is 1.11. The fraction of sp³-hybridized carbons (Fsp3) is 0.107. The van der Waals surface area contributed by atoms with E-state index in [4.69, 9.17) is 0 Å². The second-order valence-electron chi connectivity index (χ2n) is 17.0. The molecule has 0 aromatic heterocycles. The highest BCUT2D eigenvalue weighted by atomic mass is 32.2. The summed E-state index contributed by atoms with van der Waals surface area (Å²) >= 11 is 3.90. The van der Waals surface area contributed by atoms with Crippen molar-refractivity contribution < 1.29 is 0 Å². The van der Waals surface area contributed by atoms with Crippen LogP contribution in [-0.4, -0.2) is 6.71 Å². The van der Waals surface area contributed by atoms with Gasteiger partial charge in [-0.05, 0) is 113 Å². The fourth-order valence-electron chi connectivity index (χ4n) is 9.67. The SMILES string of the molecule is CC(C)c1cc(-c2cc3c4c(c2)Sc2cc(C(C)(C)c5ccccc5)ccc2B4c2ccccc2S3)cc(-c2c3ccccc3c(-c3ccccc3)c3ccccc23)c1. The van der Waals surface area contributed by atoms with Gasteiger partial charge < -0.3 is 0 Å². The molecule has 2 aliphatic rings. The van der Waals surface area contributed by atoms with E-state index in [1.807, 2.05) is 23.5 Å². The van der Waals surface area contributed by atoms with Crippen LogP contribution in [0.4, 0.5) is 0 Å². The van der Waals surface area contributed by atoms with Crippen LogP contribution in [0.5, 0.6) is 0 Å². The van der Waals surface area contributed by atoms with Gasteiger partial charge in [-0.2, -0.15) is 0 Å². The molecule has 0 fully saturated rings. The molecule has 0 bridgehead atoms. The van der Waals surface area contributed by atoms with Crippen molar-refractivity contribution in [3.63, 3.8) is 0 Å². The smallest absolute Gasteiger partial charge is 0.0911 e.